The van der Waals surface area contributed by atoms with Gasteiger partial charge in [-0.1, -0.05) is 30.3 Å². The topological polar surface area (TPSA) is 67.9 Å². The van der Waals surface area contributed by atoms with Crippen LogP contribution < -0.4 is 10.2 Å². The van der Waals surface area contributed by atoms with Crippen LogP contribution in [0.25, 0.3) is 0 Å². The molecule has 144 valence electrons. The van der Waals surface area contributed by atoms with Gasteiger partial charge in [0, 0.05) is 25.0 Å². The summed E-state index contributed by atoms with van der Waals surface area (Å²) in [7, 11) is 1.58. The van der Waals surface area contributed by atoms with E-state index in [0.717, 1.165) is 11.3 Å². The number of nitrogens with zero attached hydrogens (tertiary/aromatic N) is 1. The lowest BCUT2D eigenvalue weighted by atomic mass is 10.1. The second kappa shape index (κ2) is 11.1. The first-order valence-electron chi connectivity index (χ1n) is 8.95. The summed E-state index contributed by atoms with van der Waals surface area (Å²) >= 11 is 0. The number of hydrogen-bond donors (Lipinski definition) is 1. The lowest BCUT2D eigenvalue weighted by Gasteiger charge is -2.21. The van der Waals surface area contributed by atoms with Crippen LogP contribution >= 0.6 is 0 Å². The number of hydrogen-bond acceptors (Lipinski definition) is 4. The van der Waals surface area contributed by atoms with Crippen molar-refractivity contribution < 1.29 is 19.1 Å². The van der Waals surface area contributed by atoms with Crippen LogP contribution in [0.1, 0.15) is 12.5 Å². The van der Waals surface area contributed by atoms with Crippen molar-refractivity contribution >= 4 is 23.2 Å². The number of anilines is 2. The van der Waals surface area contributed by atoms with E-state index in [-0.39, 0.29) is 18.4 Å². The first kappa shape index (κ1) is 20.6. The van der Waals surface area contributed by atoms with Crippen LogP contribution in [-0.4, -0.2) is 45.3 Å². The first-order chi connectivity index (χ1) is 13.1. The zero-order valence-electron chi connectivity index (χ0n) is 15.8. The Kier molecular flexibility index (Phi) is 8.48. The Balaban J connectivity index is 1.87. The molecular formula is C21H26N2O4. The van der Waals surface area contributed by atoms with Crippen LogP contribution in [0, 0.1) is 0 Å². The molecule has 0 aromatic heterocycles. The van der Waals surface area contributed by atoms with Crippen molar-refractivity contribution in [2.24, 2.45) is 0 Å². The van der Waals surface area contributed by atoms with Gasteiger partial charge in [0.2, 0.25) is 11.8 Å². The fraction of sp³-hybridized carbons (Fsp3) is 0.333. The number of carbonyl (C=O) groups excluding carboxylic acids is 2. The van der Waals surface area contributed by atoms with Crippen molar-refractivity contribution in [3.63, 3.8) is 0 Å². The number of para-hydroxylation sites is 1. The number of ether oxygens (including phenoxy) is 2. The molecule has 2 amide bonds. The van der Waals surface area contributed by atoms with E-state index < -0.39 is 0 Å². The number of nitrogens with one attached hydrogen (secondary N) is 1. The summed E-state index contributed by atoms with van der Waals surface area (Å²) in [6, 6.07) is 16.9. The van der Waals surface area contributed by atoms with Gasteiger partial charge in [-0.2, -0.15) is 0 Å². The molecule has 0 aliphatic carbocycles. The zero-order chi connectivity index (χ0) is 19.5. The Bertz CT molecular complexity index is 717. The summed E-state index contributed by atoms with van der Waals surface area (Å²) < 4.78 is 10.0. The van der Waals surface area contributed by atoms with Gasteiger partial charge in [-0.25, -0.2) is 0 Å². The smallest absolute Gasteiger partial charge is 0.250 e. The maximum atomic E-state index is 12.6. The predicted octanol–water partition coefficient (Wildman–Crippen LogP) is 2.88. The van der Waals surface area contributed by atoms with Crippen LogP contribution in [0.3, 0.4) is 0 Å². The highest BCUT2D eigenvalue weighted by atomic mass is 16.5. The van der Waals surface area contributed by atoms with E-state index in [1.54, 1.807) is 24.1 Å². The molecular weight excluding hydrogens is 344 g/mol. The predicted molar refractivity (Wildman–Crippen MR) is 106 cm³/mol. The summed E-state index contributed by atoms with van der Waals surface area (Å²) in [5, 5.41) is 2.76. The lowest BCUT2D eigenvalue weighted by Crippen LogP contribution is -2.31. The fourth-order valence-corrected chi connectivity index (χ4v) is 2.59. The van der Waals surface area contributed by atoms with E-state index in [2.05, 4.69) is 5.32 Å². The SMILES string of the molecule is CCN(C(=O)Cc1ccc(NC(=O)COCCOC)cc1)c1ccccc1. The second-order valence-electron chi connectivity index (χ2n) is 5.94. The molecule has 2 aromatic rings. The summed E-state index contributed by atoms with van der Waals surface area (Å²) in [5.74, 6) is -0.191. The van der Waals surface area contributed by atoms with E-state index in [1.165, 1.54) is 0 Å². The van der Waals surface area contributed by atoms with Crippen LogP contribution in [0.15, 0.2) is 54.6 Å². The molecule has 0 saturated carbocycles. The summed E-state index contributed by atoms with van der Waals surface area (Å²) in [4.78, 5) is 26.2. The largest absolute Gasteiger partial charge is 0.382 e. The molecule has 0 aliphatic rings. The van der Waals surface area contributed by atoms with Crippen LogP contribution in [-0.2, 0) is 25.5 Å². The Morgan fingerprint density at radius 2 is 1.70 bits per heavy atom. The summed E-state index contributed by atoms with van der Waals surface area (Å²) in [5.41, 5.74) is 2.45. The van der Waals surface area contributed by atoms with Crippen LogP contribution in [0.2, 0.25) is 0 Å². The summed E-state index contributed by atoms with van der Waals surface area (Å²) in [6.07, 6.45) is 0.303. The van der Waals surface area contributed by atoms with Crippen molar-refractivity contribution in [3.05, 3.63) is 60.2 Å². The number of likely N-dealkylation sites (N-methyl/N-ethyl adjacent to an activating group) is 1. The van der Waals surface area contributed by atoms with Crippen molar-refractivity contribution in [2.75, 3.05) is 43.7 Å². The van der Waals surface area contributed by atoms with Gasteiger partial charge in [0.1, 0.15) is 6.61 Å². The molecule has 0 spiro atoms. The Hall–Kier alpha value is -2.70. The number of amides is 2. The highest BCUT2D eigenvalue weighted by molar-refractivity contribution is 5.95. The molecule has 2 aromatic carbocycles. The van der Waals surface area contributed by atoms with Crippen LogP contribution in [0.4, 0.5) is 11.4 Å². The molecule has 27 heavy (non-hydrogen) atoms. The first-order valence-corrected chi connectivity index (χ1v) is 8.95. The molecule has 0 heterocycles. The molecule has 0 fully saturated rings. The van der Waals surface area contributed by atoms with Crippen LogP contribution in [0.5, 0.6) is 0 Å². The molecule has 6 nitrogen and oxygen atoms in total. The monoisotopic (exact) mass is 370 g/mol. The van der Waals surface area contributed by atoms with E-state index in [1.807, 2.05) is 49.4 Å². The zero-order valence-corrected chi connectivity index (χ0v) is 15.8. The van der Waals surface area contributed by atoms with E-state index in [4.69, 9.17) is 9.47 Å². The number of carbonyl (C=O) groups is 2. The minimum Gasteiger partial charge on any atom is -0.382 e. The quantitative estimate of drug-likeness (QED) is 0.653. The van der Waals surface area contributed by atoms with Gasteiger partial charge >= 0.3 is 0 Å². The molecule has 0 unspecified atom stereocenters. The van der Waals surface area contributed by atoms with Gasteiger partial charge < -0.3 is 19.7 Å². The molecule has 0 aliphatic heterocycles. The van der Waals surface area contributed by atoms with E-state index in [9.17, 15) is 9.59 Å². The highest BCUT2D eigenvalue weighted by Gasteiger charge is 2.14. The van der Waals surface area contributed by atoms with Gasteiger partial charge in [0.05, 0.1) is 19.6 Å². The third-order valence-electron chi connectivity index (χ3n) is 3.94. The third kappa shape index (κ3) is 6.84. The van der Waals surface area contributed by atoms with E-state index in [0.29, 0.717) is 31.9 Å². The Morgan fingerprint density at radius 1 is 1.00 bits per heavy atom. The average Bonchev–Trinajstić information content (AvgIpc) is 2.68. The molecule has 2 rings (SSSR count). The van der Waals surface area contributed by atoms with E-state index >= 15 is 0 Å². The molecule has 0 atom stereocenters. The van der Waals surface area contributed by atoms with Gasteiger partial charge in [-0.15, -0.1) is 0 Å². The van der Waals surface area contributed by atoms with Crippen molar-refractivity contribution in [1.82, 2.24) is 0 Å². The Morgan fingerprint density at radius 3 is 2.33 bits per heavy atom. The van der Waals surface area contributed by atoms with Gasteiger partial charge in [-0.3, -0.25) is 9.59 Å². The standard InChI is InChI=1S/C21H26N2O4/c1-3-23(19-7-5-4-6-8-19)21(25)15-17-9-11-18(12-10-17)22-20(24)16-27-14-13-26-2/h4-12H,3,13-16H2,1-2H3,(H,22,24). The average molecular weight is 370 g/mol. The molecule has 0 saturated heterocycles. The van der Waals surface area contributed by atoms with Gasteiger partial charge in [-0.05, 0) is 36.8 Å². The van der Waals surface area contributed by atoms with Crippen molar-refractivity contribution in [3.8, 4) is 0 Å². The number of rotatable bonds is 10. The number of benzene rings is 2. The fourth-order valence-electron chi connectivity index (χ4n) is 2.59. The molecule has 6 heteroatoms. The maximum Gasteiger partial charge on any atom is 0.250 e. The molecule has 0 radical (unpaired) electrons. The van der Waals surface area contributed by atoms with Crippen molar-refractivity contribution in [2.45, 2.75) is 13.3 Å². The second-order valence-corrected chi connectivity index (χ2v) is 5.94. The van der Waals surface area contributed by atoms with Gasteiger partial charge in [0.15, 0.2) is 0 Å². The minimum absolute atomic E-state index is 0.0217. The molecule has 0 bridgehead atoms. The molecule has 1 N–H and O–H groups in total. The third-order valence-corrected chi connectivity index (χ3v) is 3.94. The van der Waals surface area contributed by atoms with Crippen molar-refractivity contribution in [1.29, 1.82) is 0 Å². The minimum atomic E-state index is -0.226. The van der Waals surface area contributed by atoms with Gasteiger partial charge in [0.25, 0.3) is 0 Å². The number of methoxy groups -OCH3 is 1. The normalized spacial score (nSPS) is 10.4. The maximum absolute atomic E-state index is 12.6. The lowest BCUT2D eigenvalue weighted by molar-refractivity contribution is -0.121. The Labute approximate surface area is 160 Å². The highest BCUT2D eigenvalue weighted by Crippen LogP contribution is 2.16. The summed E-state index contributed by atoms with van der Waals surface area (Å²) in [6.45, 7) is 3.37.